The minimum Gasteiger partial charge on any atom is -0.439 e. The molecule has 2 aromatic rings. The quantitative estimate of drug-likeness (QED) is 0.935. The molecule has 0 amide bonds. The van der Waals surface area contributed by atoms with Crippen LogP contribution in [0.3, 0.4) is 0 Å². The van der Waals surface area contributed by atoms with Crippen LogP contribution in [0.25, 0.3) is 0 Å². The Bertz CT molecular complexity index is 606. The minimum absolute atomic E-state index is 0. The molecule has 3 nitrogen and oxygen atoms in total. The lowest BCUT2D eigenvalue weighted by atomic mass is 10.1. The molecule has 0 spiro atoms. The van der Waals surface area contributed by atoms with E-state index in [1.54, 1.807) is 6.20 Å². The first-order valence-corrected chi connectivity index (χ1v) is 5.82. The standard InChI is InChI=1S/C14H14F2N2O.ClH/c1-8-5-10(9(2)17)7-18-14(8)19-11-3-4-12(15)13(16)6-11;/h3-7,9H,17H2,1-2H3;1H. The molecule has 108 valence electrons. The third kappa shape index (κ3) is 3.65. The van der Waals surface area contributed by atoms with E-state index in [2.05, 4.69) is 4.98 Å². The van der Waals surface area contributed by atoms with E-state index in [1.807, 2.05) is 19.9 Å². The predicted octanol–water partition coefficient (Wildman–Crippen LogP) is 3.90. The van der Waals surface area contributed by atoms with Gasteiger partial charge in [-0.05, 0) is 37.6 Å². The Morgan fingerprint density at radius 1 is 1.20 bits per heavy atom. The van der Waals surface area contributed by atoms with Gasteiger partial charge in [-0.3, -0.25) is 0 Å². The maximum absolute atomic E-state index is 13.1. The Morgan fingerprint density at radius 2 is 1.90 bits per heavy atom. The van der Waals surface area contributed by atoms with Crippen molar-refractivity contribution in [3.8, 4) is 11.6 Å². The van der Waals surface area contributed by atoms with Crippen molar-refractivity contribution in [3.05, 3.63) is 53.2 Å². The molecule has 0 fully saturated rings. The minimum atomic E-state index is -0.956. The number of benzene rings is 1. The maximum atomic E-state index is 13.1. The highest BCUT2D eigenvalue weighted by molar-refractivity contribution is 5.85. The number of pyridine rings is 1. The zero-order valence-electron chi connectivity index (χ0n) is 11.1. The summed E-state index contributed by atoms with van der Waals surface area (Å²) in [4.78, 5) is 4.13. The summed E-state index contributed by atoms with van der Waals surface area (Å²) in [7, 11) is 0. The summed E-state index contributed by atoms with van der Waals surface area (Å²) in [5.74, 6) is -1.33. The van der Waals surface area contributed by atoms with E-state index < -0.39 is 11.6 Å². The average Bonchev–Trinajstić information content (AvgIpc) is 2.36. The Balaban J connectivity index is 0.00000200. The summed E-state index contributed by atoms with van der Waals surface area (Å²) in [5.41, 5.74) is 7.41. The molecule has 1 heterocycles. The second kappa shape index (κ2) is 6.63. The number of hydrogen-bond acceptors (Lipinski definition) is 3. The fourth-order valence-corrected chi connectivity index (χ4v) is 1.59. The molecule has 2 N–H and O–H groups in total. The molecule has 6 heteroatoms. The van der Waals surface area contributed by atoms with Gasteiger partial charge in [-0.25, -0.2) is 13.8 Å². The smallest absolute Gasteiger partial charge is 0.222 e. The van der Waals surface area contributed by atoms with Crippen LogP contribution in [0, 0.1) is 18.6 Å². The van der Waals surface area contributed by atoms with Crippen LogP contribution in [0.5, 0.6) is 11.6 Å². The molecule has 1 atom stereocenters. The van der Waals surface area contributed by atoms with Crippen molar-refractivity contribution in [2.24, 2.45) is 5.73 Å². The number of halogens is 3. The summed E-state index contributed by atoms with van der Waals surface area (Å²) in [6.45, 7) is 3.67. The lowest BCUT2D eigenvalue weighted by molar-refractivity contribution is 0.444. The van der Waals surface area contributed by atoms with Crippen LogP contribution in [-0.2, 0) is 0 Å². The van der Waals surface area contributed by atoms with Gasteiger partial charge in [-0.2, -0.15) is 0 Å². The molecule has 2 rings (SSSR count). The van der Waals surface area contributed by atoms with E-state index in [0.717, 1.165) is 23.3 Å². The van der Waals surface area contributed by atoms with Crippen molar-refractivity contribution in [1.29, 1.82) is 0 Å². The van der Waals surface area contributed by atoms with Crippen molar-refractivity contribution >= 4 is 12.4 Å². The molecular weight excluding hydrogens is 286 g/mol. The van der Waals surface area contributed by atoms with Gasteiger partial charge in [-0.1, -0.05) is 0 Å². The number of aryl methyl sites for hydroxylation is 1. The topological polar surface area (TPSA) is 48.1 Å². The summed E-state index contributed by atoms with van der Waals surface area (Å²) in [6.07, 6.45) is 1.60. The Hall–Kier alpha value is -1.72. The van der Waals surface area contributed by atoms with Gasteiger partial charge in [0, 0.05) is 23.9 Å². The van der Waals surface area contributed by atoms with Crippen LogP contribution >= 0.6 is 12.4 Å². The molecule has 0 aliphatic heterocycles. The van der Waals surface area contributed by atoms with Crippen molar-refractivity contribution in [2.75, 3.05) is 0 Å². The van der Waals surface area contributed by atoms with Gasteiger partial charge in [-0.15, -0.1) is 12.4 Å². The van der Waals surface area contributed by atoms with Gasteiger partial charge in [0.2, 0.25) is 5.88 Å². The fourth-order valence-electron chi connectivity index (χ4n) is 1.59. The number of aromatic nitrogens is 1. The number of ether oxygens (including phenoxy) is 1. The summed E-state index contributed by atoms with van der Waals surface area (Å²) in [5, 5.41) is 0. The zero-order chi connectivity index (χ0) is 14.0. The normalized spacial score (nSPS) is 11.7. The van der Waals surface area contributed by atoms with E-state index >= 15 is 0 Å². The van der Waals surface area contributed by atoms with Crippen molar-refractivity contribution in [3.63, 3.8) is 0 Å². The van der Waals surface area contributed by atoms with E-state index in [4.69, 9.17) is 10.5 Å². The maximum Gasteiger partial charge on any atom is 0.222 e. The Kier molecular flexibility index (Phi) is 5.42. The molecular formula is C14H15ClF2N2O. The van der Waals surface area contributed by atoms with Gasteiger partial charge < -0.3 is 10.5 Å². The lowest BCUT2D eigenvalue weighted by Gasteiger charge is -2.11. The summed E-state index contributed by atoms with van der Waals surface area (Å²) >= 11 is 0. The van der Waals surface area contributed by atoms with E-state index in [9.17, 15) is 8.78 Å². The third-order valence-electron chi connectivity index (χ3n) is 2.68. The van der Waals surface area contributed by atoms with Gasteiger partial charge in [0.25, 0.3) is 0 Å². The monoisotopic (exact) mass is 300 g/mol. The molecule has 0 saturated carbocycles. The van der Waals surface area contributed by atoms with Gasteiger partial charge >= 0.3 is 0 Å². The van der Waals surface area contributed by atoms with Crippen LogP contribution in [0.4, 0.5) is 8.78 Å². The van der Waals surface area contributed by atoms with Crippen molar-refractivity contribution in [1.82, 2.24) is 4.98 Å². The molecule has 0 radical (unpaired) electrons. The summed E-state index contributed by atoms with van der Waals surface area (Å²) in [6, 6.07) is 5.07. The molecule has 0 bridgehead atoms. The highest BCUT2D eigenvalue weighted by atomic mass is 35.5. The van der Waals surface area contributed by atoms with Gasteiger partial charge in [0.05, 0.1) is 0 Å². The number of rotatable bonds is 3. The SMILES string of the molecule is Cc1cc(C(C)N)cnc1Oc1ccc(F)c(F)c1.Cl. The second-order valence-corrected chi connectivity index (χ2v) is 4.36. The van der Waals surface area contributed by atoms with Crippen LogP contribution in [0.1, 0.15) is 24.1 Å². The molecule has 1 unspecified atom stereocenters. The number of hydrogen-bond donors (Lipinski definition) is 1. The number of nitrogens with two attached hydrogens (primary N) is 1. The van der Waals surface area contributed by atoms with Crippen molar-refractivity contribution < 1.29 is 13.5 Å². The average molecular weight is 301 g/mol. The Labute approximate surface area is 122 Å². The third-order valence-corrected chi connectivity index (χ3v) is 2.68. The van der Waals surface area contributed by atoms with Crippen LogP contribution in [0.2, 0.25) is 0 Å². The molecule has 0 aliphatic carbocycles. The van der Waals surface area contributed by atoms with Gasteiger partial charge in [0.1, 0.15) is 5.75 Å². The molecule has 20 heavy (non-hydrogen) atoms. The Morgan fingerprint density at radius 3 is 2.45 bits per heavy atom. The van der Waals surface area contributed by atoms with Crippen LogP contribution in [0.15, 0.2) is 30.5 Å². The second-order valence-electron chi connectivity index (χ2n) is 4.36. The van der Waals surface area contributed by atoms with E-state index in [-0.39, 0.29) is 24.2 Å². The van der Waals surface area contributed by atoms with E-state index in [0.29, 0.717) is 5.88 Å². The molecule has 1 aromatic heterocycles. The number of nitrogens with zero attached hydrogens (tertiary/aromatic N) is 1. The first kappa shape index (κ1) is 16.3. The first-order chi connectivity index (χ1) is 8.97. The lowest BCUT2D eigenvalue weighted by Crippen LogP contribution is -2.06. The van der Waals surface area contributed by atoms with Crippen LogP contribution in [-0.4, -0.2) is 4.98 Å². The predicted molar refractivity (Wildman–Crippen MR) is 75.3 cm³/mol. The van der Waals surface area contributed by atoms with Crippen molar-refractivity contribution in [2.45, 2.75) is 19.9 Å². The molecule has 1 aromatic carbocycles. The van der Waals surface area contributed by atoms with E-state index in [1.165, 1.54) is 6.07 Å². The first-order valence-electron chi connectivity index (χ1n) is 5.82. The summed E-state index contributed by atoms with van der Waals surface area (Å²) < 4.78 is 31.3. The highest BCUT2D eigenvalue weighted by Gasteiger charge is 2.09. The highest BCUT2D eigenvalue weighted by Crippen LogP contribution is 2.25. The fraction of sp³-hybridized carbons (Fsp3) is 0.214. The zero-order valence-corrected chi connectivity index (χ0v) is 11.9. The van der Waals surface area contributed by atoms with Gasteiger partial charge in [0.15, 0.2) is 11.6 Å². The largest absolute Gasteiger partial charge is 0.439 e. The van der Waals surface area contributed by atoms with Crippen LogP contribution < -0.4 is 10.5 Å². The molecule has 0 saturated heterocycles. The molecule has 0 aliphatic rings.